The number of hydrogen-bond acceptors (Lipinski definition) is 4. The Balaban J connectivity index is 1.64. The smallest absolute Gasteiger partial charge is 0.116 e. The number of hydrogen-bond donors (Lipinski definition) is 0. The monoisotopic (exact) mass is 451 g/mol. The Labute approximate surface area is 199 Å². The molecule has 0 saturated carbocycles. The number of rotatable bonds is 4. The summed E-state index contributed by atoms with van der Waals surface area (Å²) in [5, 5.41) is 3.77. The van der Waals surface area contributed by atoms with Crippen molar-refractivity contribution in [2.75, 3.05) is 0 Å². The van der Waals surface area contributed by atoms with Crippen LogP contribution >= 0.6 is 11.3 Å². The van der Waals surface area contributed by atoms with Gasteiger partial charge in [-0.2, -0.15) is 0 Å². The summed E-state index contributed by atoms with van der Waals surface area (Å²) in [5.74, 6) is 0.630. The summed E-state index contributed by atoms with van der Waals surface area (Å²) in [5.41, 5.74) is 5.20. The number of benzene rings is 2. The summed E-state index contributed by atoms with van der Waals surface area (Å²) >= 11 is 1.83. The maximum atomic E-state index is 4.73. The Morgan fingerprint density at radius 3 is 2.42 bits per heavy atom. The van der Waals surface area contributed by atoms with Gasteiger partial charge in [0.25, 0.3) is 0 Å². The van der Waals surface area contributed by atoms with Crippen LogP contribution in [-0.4, -0.2) is 15.0 Å². The quantitative estimate of drug-likeness (QED) is 0.277. The topological polar surface area (TPSA) is 38.7 Å². The lowest BCUT2D eigenvalue weighted by molar-refractivity contribution is 0.596. The summed E-state index contributed by atoms with van der Waals surface area (Å²) < 4.78 is 1.20. The number of fused-ring (bicyclic) bond motifs is 2. The van der Waals surface area contributed by atoms with Crippen molar-refractivity contribution in [2.24, 2.45) is 5.92 Å². The van der Waals surface area contributed by atoms with Crippen LogP contribution in [0.1, 0.15) is 45.1 Å². The van der Waals surface area contributed by atoms with E-state index in [9.17, 15) is 0 Å². The van der Waals surface area contributed by atoms with E-state index in [0.29, 0.717) is 5.92 Å². The van der Waals surface area contributed by atoms with Crippen LogP contribution in [0.15, 0.2) is 67.1 Å². The Bertz CT molecular complexity index is 1460. The van der Waals surface area contributed by atoms with Crippen molar-refractivity contribution in [3.63, 3.8) is 0 Å². The molecular formula is C29H29N3S. The lowest BCUT2D eigenvalue weighted by Crippen LogP contribution is -2.12. The van der Waals surface area contributed by atoms with E-state index in [-0.39, 0.29) is 5.41 Å². The summed E-state index contributed by atoms with van der Waals surface area (Å²) in [6, 6.07) is 19.6. The number of nitrogens with zero attached hydrogens (tertiary/aromatic N) is 3. The number of thiophene rings is 1. The minimum atomic E-state index is 0.0302. The minimum absolute atomic E-state index is 0.0302. The summed E-state index contributed by atoms with van der Waals surface area (Å²) in [6.07, 6.45) is 4.64. The van der Waals surface area contributed by atoms with Crippen LogP contribution in [-0.2, 0) is 11.8 Å². The van der Waals surface area contributed by atoms with Gasteiger partial charge in [-0.05, 0) is 69.8 Å². The van der Waals surface area contributed by atoms with Crippen molar-refractivity contribution in [1.82, 2.24) is 15.0 Å². The first-order valence-electron chi connectivity index (χ1n) is 11.5. The Kier molecular flexibility index (Phi) is 5.49. The van der Waals surface area contributed by atoms with Crippen LogP contribution in [0.25, 0.3) is 43.5 Å². The lowest BCUT2D eigenvalue weighted by Gasteiger charge is -2.22. The van der Waals surface area contributed by atoms with Crippen LogP contribution in [0.4, 0.5) is 0 Å². The maximum absolute atomic E-state index is 4.73. The molecule has 0 spiro atoms. The highest BCUT2D eigenvalue weighted by Crippen LogP contribution is 2.37. The van der Waals surface area contributed by atoms with Gasteiger partial charge in [-0.15, -0.1) is 11.3 Å². The zero-order chi connectivity index (χ0) is 23.2. The highest BCUT2D eigenvalue weighted by molar-refractivity contribution is 7.19. The van der Waals surface area contributed by atoms with E-state index in [1.807, 2.05) is 17.5 Å². The molecule has 0 bridgehead atoms. The maximum Gasteiger partial charge on any atom is 0.116 e. The summed E-state index contributed by atoms with van der Waals surface area (Å²) in [4.78, 5) is 15.4. The van der Waals surface area contributed by atoms with Gasteiger partial charge in [0, 0.05) is 16.6 Å². The van der Waals surface area contributed by atoms with Crippen LogP contribution in [0, 0.1) is 5.92 Å². The SMILES string of the molecule is CC(C)Cc1cc2ccnc(-c3cc(-c4cc(C(C)(C)C)c5ccccc5c4)ncn3)c2s1. The molecule has 0 fully saturated rings. The van der Waals surface area contributed by atoms with Crippen molar-refractivity contribution < 1.29 is 0 Å². The van der Waals surface area contributed by atoms with Crippen molar-refractivity contribution >= 4 is 32.2 Å². The molecule has 0 radical (unpaired) electrons. The Morgan fingerprint density at radius 2 is 1.64 bits per heavy atom. The fourth-order valence-corrected chi connectivity index (χ4v) is 5.79. The van der Waals surface area contributed by atoms with Gasteiger partial charge in [-0.25, -0.2) is 9.97 Å². The van der Waals surface area contributed by atoms with Crippen LogP contribution in [0.5, 0.6) is 0 Å². The van der Waals surface area contributed by atoms with Gasteiger partial charge >= 0.3 is 0 Å². The van der Waals surface area contributed by atoms with Gasteiger partial charge in [-0.1, -0.05) is 58.9 Å². The molecular weight excluding hydrogens is 422 g/mol. The second kappa shape index (κ2) is 8.35. The predicted octanol–water partition coefficient (Wildman–Crippen LogP) is 8.07. The molecule has 166 valence electrons. The molecule has 3 nitrogen and oxygen atoms in total. The number of pyridine rings is 1. The van der Waals surface area contributed by atoms with Gasteiger partial charge in [-0.3, -0.25) is 4.98 Å². The first-order valence-corrected chi connectivity index (χ1v) is 12.3. The molecule has 3 aromatic heterocycles. The third-order valence-corrected chi connectivity index (χ3v) is 7.15. The van der Waals surface area contributed by atoms with Crippen molar-refractivity contribution in [1.29, 1.82) is 0 Å². The van der Waals surface area contributed by atoms with E-state index >= 15 is 0 Å². The Hall–Kier alpha value is -3.11. The predicted molar refractivity (Wildman–Crippen MR) is 141 cm³/mol. The molecule has 0 N–H and O–H groups in total. The standard InChI is InChI=1S/C29H29N3S/c1-18(2)12-22-14-20-10-11-30-27(28(20)33-22)26-16-25(31-17-32-26)21-13-19-8-6-7-9-23(19)24(15-21)29(3,4)5/h6-11,13-18H,12H2,1-5H3. The molecule has 0 aliphatic rings. The normalized spacial score (nSPS) is 12.2. The molecule has 0 amide bonds. The van der Waals surface area contributed by atoms with Crippen LogP contribution in [0.2, 0.25) is 0 Å². The molecule has 33 heavy (non-hydrogen) atoms. The third kappa shape index (κ3) is 4.28. The molecule has 5 rings (SSSR count). The molecule has 0 atom stereocenters. The lowest BCUT2D eigenvalue weighted by atomic mass is 9.82. The van der Waals surface area contributed by atoms with E-state index in [2.05, 4.69) is 99.2 Å². The van der Waals surface area contributed by atoms with E-state index < -0.39 is 0 Å². The van der Waals surface area contributed by atoms with Crippen LogP contribution in [0.3, 0.4) is 0 Å². The van der Waals surface area contributed by atoms with Gasteiger partial charge in [0.2, 0.25) is 0 Å². The van der Waals surface area contributed by atoms with Gasteiger partial charge in [0.1, 0.15) is 12.0 Å². The van der Waals surface area contributed by atoms with Crippen molar-refractivity contribution in [3.05, 3.63) is 77.6 Å². The molecule has 4 heteroatoms. The van der Waals surface area contributed by atoms with E-state index in [1.54, 1.807) is 6.33 Å². The van der Waals surface area contributed by atoms with Crippen molar-refractivity contribution in [3.8, 4) is 22.6 Å². The molecule has 0 aliphatic heterocycles. The first-order chi connectivity index (χ1) is 15.8. The molecule has 0 saturated heterocycles. The van der Waals surface area contributed by atoms with E-state index in [0.717, 1.165) is 29.1 Å². The summed E-state index contributed by atoms with van der Waals surface area (Å²) in [7, 11) is 0. The van der Waals surface area contributed by atoms with Gasteiger partial charge < -0.3 is 0 Å². The molecule has 3 heterocycles. The molecule has 0 aliphatic carbocycles. The van der Waals surface area contributed by atoms with E-state index in [1.165, 1.54) is 31.3 Å². The minimum Gasteiger partial charge on any atom is -0.253 e. The fraction of sp³-hybridized carbons (Fsp3) is 0.276. The largest absolute Gasteiger partial charge is 0.253 e. The number of aromatic nitrogens is 3. The molecule has 2 aromatic carbocycles. The highest BCUT2D eigenvalue weighted by Gasteiger charge is 2.19. The molecule has 5 aromatic rings. The van der Waals surface area contributed by atoms with Gasteiger partial charge in [0.15, 0.2) is 0 Å². The van der Waals surface area contributed by atoms with Gasteiger partial charge in [0.05, 0.1) is 16.1 Å². The zero-order valence-corrected chi connectivity index (χ0v) is 20.7. The Morgan fingerprint density at radius 1 is 0.848 bits per heavy atom. The zero-order valence-electron chi connectivity index (χ0n) is 19.9. The average molecular weight is 452 g/mol. The molecule has 0 unspecified atom stereocenters. The second-order valence-corrected chi connectivity index (χ2v) is 11.3. The fourth-order valence-electron chi connectivity index (χ4n) is 4.43. The van der Waals surface area contributed by atoms with Crippen molar-refractivity contribution in [2.45, 2.75) is 46.5 Å². The first kappa shape index (κ1) is 21.7. The second-order valence-electron chi connectivity index (χ2n) is 10.2. The third-order valence-electron chi connectivity index (χ3n) is 5.97. The highest BCUT2D eigenvalue weighted by atomic mass is 32.1. The van der Waals surface area contributed by atoms with Crippen LogP contribution < -0.4 is 0 Å². The summed E-state index contributed by atoms with van der Waals surface area (Å²) in [6.45, 7) is 11.3. The average Bonchev–Trinajstić information content (AvgIpc) is 3.19. The van der Waals surface area contributed by atoms with E-state index in [4.69, 9.17) is 4.98 Å².